The van der Waals surface area contributed by atoms with Crippen LogP contribution in [0.15, 0.2) is 36.4 Å². The second-order valence-corrected chi connectivity index (χ2v) is 6.65. The van der Waals surface area contributed by atoms with Crippen LogP contribution in [0.5, 0.6) is 0 Å². The number of hydrogen-bond acceptors (Lipinski definition) is 3. The van der Waals surface area contributed by atoms with E-state index in [0.29, 0.717) is 6.54 Å². The van der Waals surface area contributed by atoms with Crippen LogP contribution >= 0.6 is 11.3 Å². The van der Waals surface area contributed by atoms with E-state index in [2.05, 4.69) is 24.8 Å². The van der Waals surface area contributed by atoms with Crippen LogP contribution in [0.3, 0.4) is 0 Å². The van der Waals surface area contributed by atoms with Gasteiger partial charge >= 0.3 is 5.97 Å². The van der Waals surface area contributed by atoms with Crippen LogP contribution in [0.4, 0.5) is 4.39 Å². The number of halogens is 1. The van der Waals surface area contributed by atoms with E-state index in [1.165, 1.54) is 17.0 Å². The summed E-state index contributed by atoms with van der Waals surface area (Å²) in [5.41, 5.74) is 0.999. The maximum atomic E-state index is 13.0. The highest BCUT2D eigenvalue weighted by Crippen LogP contribution is 2.29. The number of carboxylic acid groups (broad SMARTS) is 1. The van der Waals surface area contributed by atoms with Crippen LogP contribution in [-0.4, -0.2) is 28.6 Å². The van der Waals surface area contributed by atoms with Gasteiger partial charge in [0.15, 0.2) is 0 Å². The molecular weight excluding hydrogens is 301 g/mol. The predicted octanol–water partition coefficient (Wildman–Crippen LogP) is 4.24. The van der Waals surface area contributed by atoms with Gasteiger partial charge in [-0.15, -0.1) is 11.3 Å². The average molecular weight is 321 g/mol. The maximum Gasteiger partial charge on any atom is 0.304 e. The Kier molecular flexibility index (Phi) is 5.69. The molecule has 5 heteroatoms. The molecule has 0 atom stereocenters. The molecule has 0 radical (unpaired) electrons. The highest BCUT2D eigenvalue weighted by molar-refractivity contribution is 7.15. The van der Waals surface area contributed by atoms with E-state index in [1.54, 1.807) is 23.5 Å². The minimum absolute atomic E-state index is 0.147. The van der Waals surface area contributed by atoms with Gasteiger partial charge in [-0.05, 0) is 43.7 Å². The van der Waals surface area contributed by atoms with Gasteiger partial charge in [-0.2, -0.15) is 0 Å². The van der Waals surface area contributed by atoms with Crippen LogP contribution in [0.25, 0.3) is 10.4 Å². The molecular formula is C17H20FNO2S. The Morgan fingerprint density at radius 2 is 1.91 bits per heavy atom. The number of carbonyl (C=O) groups is 1. The SMILES string of the molecule is CC(C)N(CCC(=O)O)Cc1ccc(-c2ccc(F)cc2)s1. The minimum Gasteiger partial charge on any atom is -0.481 e. The summed E-state index contributed by atoms with van der Waals surface area (Å²) in [6.45, 7) is 5.40. The van der Waals surface area contributed by atoms with Crippen molar-refractivity contribution in [3.63, 3.8) is 0 Å². The molecule has 2 aromatic rings. The topological polar surface area (TPSA) is 40.5 Å². The summed E-state index contributed by atoms with van der Waals surface area (Å²) >= 11 is 1.66. The van der Waals surface area contributed by atoms with Gasteiger partial charge in [0.25, 0.3) is 0 Å². The van der Waals surface area contributed by atoms with Gasteiger partial charge in [-0.3, -0.25) is 9.69 Å². The van der Waals surface area contributed by atoms with Crippen LogP contribution in [-0.2, 0) is 11.3 Å². The lowest BCUT2D eigenvalue weighted by atomic mass is 10.2. The van der Waals surface area contributed by atoms with Crippen LogP contribution in [0, 0.1) is 5.82 Å². The molecule has 0 saturated heterocycles. The van der Waals surface area contributed by atoms with Gasteiger partial charge < -0.3 is 5.11 Å². The molecule has 0 bridgehead atoms. The molecule has 1 aromatic heterocycles. The third-order valence-electron chi connectivity index (χ3n) is 3.49. The number of carboxylic acids is 1. The Labute approximate surface area is 134 Å². The summed E-state index contributed by atoms with van der Waals surface area (Å²) in [4.78, 5) is 15.2. The lowest BCUT2D eigenvalue weighted by Crippen LogP contribution is -2.32. The Balaban J connectivity index is 2.06. The molecule has 22 heavy (non-hydrogen) atoms. The first-order valence-electron chi connectivity index (χ1n) is 7.26. The number of hydrogen-bond donors (Lipinski definition) is 1. The van der Waals surface area contributed by atoms with Crippen LogP contribution in [0.1, 0.15) is 25.1 Å². The first kappa shape index (κ1) is 16.6. The standard InChI is InChI=1S/C17H20FNO2S/c1-12(2)19(10-9-17(20)21)11-15-7-8-16(22-15)13-3-5-14(18)6-4-13/h3-8,12H,9-11H2,1-2H3,(H,20,21). The normalized spacial score (nSPS) is 11.3. The molecule has 2 rings (SSSR count). The first-order chi connectivity index (χ1) is 10.5. The quantitative estimate of drug-likeness (QED) is 0.829. The van der Waals surface area contributed by atoms with Crippen LogP contribution in [0.2, 0.25) is 0 Å². The van der Waals surface area contributed by atoms with Crippen molar-refractivity contribution >= 4 is 17.3 Å². The van der Waals surface area contributed by atoms with Crippen molar-refractivity contribution < 1.29 is 14.3 Å². The highest BCUT2D eigenvalue weighted by atomic mass is 32.1. The summed E-state index contributed by atoms with van der Waals surface area (Å²) in [6.07, 6.45) is 0.147. The fraction of sp³-hybridized carbons (Fsp3) is 0.353. The molecule has 3 nitrogen and oxygen atoms in total. The van der Waals surface area contributed by atoms with E-state index in [9.17, 15) is 9.18 Å². The summed E-state index contributed by atoms with van der Waals surface area (Å²) in [7, 11) is 0. The zero-order valence-corrected chi connectivity index (χ0v) is 13.6. The molecule has 0 spiro atoms. The van der Waals surface area contributed by atoms with Crippen molar-refractivity contribution in [2.75, 3.05) is 6.54 Å². The zero-order chi connectivity index (χ0) is 16.1. The summed E-state index contributed by atoms with van der Waals surface area (Å²) in [5.74, 6) is -1.01. The monoisotopic (exact) mass is 321 g/mol. The van der Waals surface area contributed by atoms with Gasteiger partial charge in [-0.1, -0.05) is 12.1 Å². The third-order valence-corrected chi connectivity index (χ3v) is 4.61. The van der Waals surface area contributed by atoms with Gasteiger partial charge in [-0.25, -0.2) is 4.39 Å². The summed E-state index contributed by atoms with van der Waals surface area (Å²) in [5, 5.41) is 8.83. The van der Waals surface area contributed by atoms with Gasteiger partial charge in [0.05, 0.1) is 6.42 Å². The molecule has 0 aliphatic carbocycles. The van der Waals surface area contributed by atoms with Crippen molar-refractivity contribution in [2.24, 2.45) is 0 Å². The first-order valence-corrected chi connectivity index (χ1v) is 8.08. The largest absolute Gasteiger partial charge is 0.481 e. The zero-order valence-electron chi connectivity index (χ0n) is 12.8. The smallest absolute Gasteiger partial charge is 0.304 e. The Bertz CT molecular complexity index is 622. The van der Waals surface area contributed by atoms with Crippen molar-refractivity contribution in [1.82, 2.24) is 4.90 Å². The van der Waals surface area contributed by atoms with E-state index in [1.807, 2.05) is 6.07 Å². The van der Waals surface area contributed by atoms with Crippen molar-refractivity contribution in [3.05, 3.63) is 47.1 Å². The third kappa shape index (κ3) is 4.64. The fourth-order valence-corrected chi connectivity index (χ4v) is 3.23. The van der Waals surface area contributed by atoms with E-state index in [0.717, 1.165) is 17.0 Å². The summed E-state index contributed by atoms with van der Waals surface area (Å²) in [6, 6.07) is 10.8. The minimum atomic E-state index is -0.774. The molecule has 0 amide bonds. The van der Waals surface area contributed by atoms with Gasteiger partial charge in [0.1, 0.15) is 5.82 Å². The van der Waals surface area contributed by atoms with E-state index in [-0.39, 0.29) is 18.3 Å². The molecule has 0 aliphatic heterocycles. The lowest BCUT2D eigenvalue weighted by Gasteiger charge is -2.25. The Hall–Kier alpha value is -1.72. The molecule has 0 fully saturated rings. The Morgan fingerprint density at radius 1 is 1.23 bits per heavy atom. The number of aliphatic carboxylic acids is 1. The number of rotatable bonds is 7. The number of thiophene rings is 1. The number of benzene rings is 1. The van der Waals surface area contributed by atoms with Crippen molar-refractivity contribution in [2.45, 2.75) is 32.9 Å². The van der Waals surface area contributed by atoms with Crippen molar-refractivity contribution in [1.29, 1.82) is 0 Å². The fourth-order valence-electron chi connectivity index (χ4n) is 2.19. The maximum absolute atomic E-state index is 13.0. The van der Waals surface area contributed by atoms with Crippen LogP contribution < -0.4 is 0 Å². The van der Waals surface area contributed by atoms with Crippen molar-refractivity contribution in [3.8, 4) is 10.4 Å². The lowest BCUT2D eigenvalue weighted by molar-refractivity contribution is -0.137. The average Bonchev–Trinajstić information content (AvgIpc) is 2.92. The second-order valence-electron chi connectivity index (χ2n) is 5.48. The molecule has 118 valence electrons. The predicted molar refractivity (Wildman–Crippen MR) is 87.5 cm³/mol. The van der Waals surface area contributed by atoms with E-state index >= 15 is 0 Å². The van der Waals surface area contributed by atoms with E-state index < -0.39 is 5.97 Å². The molecule has 1 aromatic carbocycles. The van der Waals surface area contributed by atoms with E-state index in [4.69, 9.17) is 5.11 Å². The van der Waals surface area contributed by atoms with Gasteiger partial charge in [0, 0.05) is 28.9 Å². The molecule has 1 N–H and O–H groups in total. The molecule has 0 saturated carbocycles. The molecule has 0 unspecified atom stereocenters. The number of nitrogens with zero attached hydrogens (tertiary/aromatic N) is 1. The Morgan fingerprint density at radius 3 is 2.50 bits per heavy atom. The summed E-state index contributed by atoms with van der Waals surface area (Å²) < 4.78 is 13.0. The second kappa shape index (κ2) is 7.51. The molecule has 1 heterocycles. The highest BCUT2D eigenvalue weighted by Gasteiger charge is 2.13. The van der Waals surface area contributed by atoms with Gasteiger partial charge in [0.2, 0.25) is 0 Å². The molecule has 0 aliphatic rings.